The van der Waals surface area contributed by atoms with E-state index in [-0.39, 0.29) is 11.7 Å². The number of aliphatic imine (C=N–C) groups is 1. The van der Waals surface area contributed by atoms with Gasteiger partial charge in [-0.25, -0.2) is 18.9 Å². The monoisotopic (exact) mass is 494 g/mol. The van der Waals surface area contributed by atoms with Gasteiger partial charge in [-0.1, -0.05) is 13.0 Å². The van der Waals surface area contributed by atoms with Crippen LogP contribution in [0.25, 0.3) is 0 Å². The van der Waals surface area contributed by atoms with E-state index >= 15 is 0 Å². The third-order valence-electron chi connectivity index (χ3n) is 6.95. The first kappa shape index (κ1) is 25.9. The number of nitrogens with zero attached hydrogens (tertiary/aromatic N) is 4. The molecule has 0 spiro atoms. The molecule has 3 heterocycles. The van der Waals surface area contributed by atoms with Crippen LogP contribution in [0.3, 0.4) is 0 Å². The number of benzene rings is 1. The number of pyridine rings is 1. The summed E-state index contributed by atoms with van der Waals surface area (Å²) in [5, 5.41) is 2.58. The first-order valence-electron chi connectivity index (χ1n) is 13.0. The smallest absolute Gasteiger partial charge is 0.251 e. The molecular weight excluding hydrogens is 457 g/mol. The van der Waals surface area contributed by atoms with Crippen LogP contribution in [0.4, 0.5) is 10.2 Å². The van der Waals surface area contributed by atoms with Gasteiger partial charge < -0.3 is 15.0 Å². The van der Waals surface area contributed by atoms with E-state index in [0.717, 1.165) is 42.2 Å². The van der Waals surface area contributed by atoms with Crippen LogP contribution in [-0.2, 0) is 19.3 Å². The fourth-order valence-electron chi connectivity index (χ4n) is 4.83. The zero-order valence-corrected chi connectivity index (χ0v) is 21.6. The van der Waals surface area contributed by atoms with Gasteiger partial charge in [-0.2, -0.15) is 0 Å². The molecule has 0 aliphatic carbocycles. The van der Waals surface area contributed by atoms with Crippen molar-refractivity contribution in [1.29, 1.82) is 0 Å². The summed E-state index contributed by atoms with van der Waals surface area (Å²) in [6, 6.07) is 5.12. The number of hydrogen-bond donors (Lipinski definition) is 1. The molecule has 8 heteroatoms. The molecule has 2 aliphatic heterocycles. The van der Waals surface area contributed by atoms with Gasteiger partial charge >= 0.3 is 0 Å². The number of likely N-dealkylation sites (tertiary alicyclic amines) is 1. The predicted octanol–water partition coefficient (Wildman–Crippen LogP) is 3.59. The Balaban J connectivity index is 1.38. The third kappa shape index (κ3) is 6.35. The molecular formula is C28H37FN5O2+. The standard InChI is InChI=1S/C28H36FN5O2/c1-4-21-14-20(8-9-22-15-23(28(35)30-2)16-25(36-3)26(22)29)17-31-27(21)32-24-18-34(19-24)13-7-12-33-10-5-6-11-33/h14-18H,4-13,19H2,1-3H3/p+1. The van der Waals surface area contributed by atoms with Crippen molar-refractivity contribution < 1.29 is 18.5 Å². The van der Waals surface area contributed by atoms with Gasteiger partial charge in [-0.3, -0.25) is 4.79 Å². The number of carbonyl (C=O) groups is 1. The van der Waals surface area contributed by atoms with Crippen molar-refractivity contribution in [2.45, 2.75) is 45.4 Å². The molecule has 192 valence electrons. The molecule has 36 heavy (non-hydrogen) atoms. The van der Waals surface area contributed by atoms with E-state index in [4.69, 9.17) is 9.73 Å². The summed E-state index contributed by atoms with van der Waals surface area (Å²) in [4.78, 5) is 24.0. The Kier molecular flexibility index (Phi) is 8.80. The van der Waals surface area contributed by atoms with Gasteiger partial charge in [0.25, 0.3) is 5.91 Å². The minimum Gasteiger partial charge on any atom is -0.494 e. The van der Waals surface area contributed by atoms with Crippen molar-refractivity contribution in [3.63, 3.8) is 0 Å². The maximum atomic E-state index is 14.8. The number of halogens is 1. The van der Waals surface area contributed by atoms with Crippen LogP contribution in [-0.4, -0.2) is 79.2 Å². The molecule has 1 fully saturated rings. The average molecular weight is 495 g/mol. The summed E-state index contributed by atoms with van der Waals surface area (Å²) < 4.78 is 22.3. The highest BCUT2D eigenvalue weighted by Gasteiger charge is 2.23. The molecule has 1 aromatic heterocycles. The van der Waals surface area contributed by atoms with Gasteiger partial charge in [0.2, 0.25) is 0 Å². The van der Waals surface area contributed by atoms with Crippen LogP contribution in [0, 0.1) is 5.82 Å². The van der Waals surface area contributed by atoms with Gasteiger partial charge in [0.15, 0.2) is 35.9 Å². The zero-order chi connectivity index (χ0) is 25.5. The lowest BCUT2D eigenvalue weighted by atomic mass is 10.0. The summed E-state index contributed by atoms with van der Waals surface area (Å²) in [6.45, 7) is 7.73. The molecule has 0 saturated carbocycles. The summed E-state index contributed by atoms with van der Waals surface area (Å²) in [6.07, 6.45) is 9.69. The normalized spacial score (nSPS) is 16.7. The number of carbonyl (C=O) groups excluding carboxylic acids is 1. The summed E-state index contributed by atoms with van der Waals surface area (Å²) in [5.74, 6) is 0.137. The lowest BCUT2D eigenvalue weighted by Gasteiger charge is -2.16. The highest BCUT2D eigenvalue weighted by molar-refractivity contribution is 6.33. The fraction of sp³-hybridized carbons (Fsp3) is 0.500. The summed E-state index contributed by atoms with van der Waals surface area (Å²) in [5.41, 5.74) is 3.99. The Bertz CT molecular complexity index is 1150. The highest BCUT2D eigenvalue weighted by Crippen LogP contribution is 2.25. The number of aryl methyl sites for hydroxylation is 3. The highest BCUT2D eigenvalue weighted by atomic mass is 19.1. The van der Waals surface area contributed by atoms with Crippen molar-refractivity contribution in [1.82, 2.24) is 15.2 Å². The first-order valence-corrected chi connectivity index (χ1v) is 13.0. The van der Waals surface area contributed by atoms with Crippen LogP contribution >= 0.6 is 0 Å². The Morgan fingerprint density at radius 3 is 2.69 bits per heavy atom. The van der Waals surface area contributed by atoms with E-state index in [1.165, 1.54) is 52.1 Å². The van der Waals surface area contributed by atoms with Crippen LogP contribution in [0.5, 0.6) is 5.75 Å². The minimum absolute atomic E-state index is 0.0754. The van der Waals surface area contributed by atoms with Crippen molar-refractivity contribution in [3.8, 4) is 5.75 Å². The molecule has 1 N–H and O–H groups in total. The largest absolute Gasteiger partial charge is 0.494 e. The molecule has 1 saturated heterocycles. The van der Waals surface area contributed by atoms with E-state index in [9.17, 15) is 9.18 Å². The van der Waals surface area contributed by atoms with Crippen molar-refractivity contribution in [2.24, 2.45) is 4.99 Å². The van der Waals surface area contributed by atoms with Gasteiger partial charge in [0.05, 0.1) is 7.11 Å². The van der Waals surface area contributed by atoms with E-state index in [2.05, 4.69) is 39.0 Å². The summed E-state index contributed by atoms with van der Waals surface area (Å²) in [7, 11) is 2.95. The van der Waals surface area contributed by atoms with Gasteiger partial charge in [-0.15, -0.1) is 0 Å². The van der Waals surface area contributed by atoms with Gasteiger partial charge in [-0.05, 0) is 74.0 Å². The molecule has 4 rings (SSSR count). The number of rotatable bonds is 11. The second-order valence-electron chi connectivity index (χ2n) is 9.52. The van der Waals surface area contributed by atoms with Gasteiger partial charge in [0.1, 0.15) is 6.54 Å². The van der Waals surface area contributed by atoms with Crippen molar-refractivity contribution >= 4 is 23.7 Å². The molecule has 0 unspecified atom stereocenters. The van der Waals surface area contributed by atoms with Crippen LogP contribution < -0.4 is 10.1 Å². The molecule has 0 radical (unpaired) electrons. The molecule has 2 aromatic rings. The van der Waals surface area contributed by atoms with E-state index in [1.54, 1.807) is 13.1 Å². The maximum Gasteiger partial charge on any atom is 0.251 e. The van der Waals surface area contributed by atoms with Crippen molar-refractivity contribution in [3.05, 3.63) is 52.5 Å². The molecule has 1 aromatic carbocycles. The average Bonchev–Trinajstić information content (AvgIpc) is 3.40. The van der Waals surface area contributed by atoms with Crippen LogP contribution in [0.2, 0.25) is 0 Å². The lowest BCUT2D eigenvalue weighted by molar-refractivity contribution is -0.519. The van der Waals surface area contributed by atoms with Gasteiger partial charge in [0, 0.05) is 31.8 Å². The van der Waals surface area contributed by atoms with Crippen LogP contribution in [0.1, 0.15) is 53.2 Å². The van der Waals surface area contributed by atoms with E-state index < -0.39 is 5.82 Å². The Hall–Kier alpha value is -3.13. The number of hydrogen-bond acceptors (Lipinski definition) is 5. The minimum atomic E-state index is -0.428. The number of nitrogens with one attached hydrogen (secondary N) is 1. The number of aromatic nitrogens is 1. The topological polar surface area (TPSA) is 69.8 Å². The number of ether oxygens (including phenoxy) is 1. The Morgan fingerprint density at radius 1 is 1.22 bits per heavy atom. The fourth-order valence-corrected chi connectivity index (χ4v) is 4.83. The second-order valence-corrected chi connectivity index (χ2v) is 9.52. The number of amides is 1. The third-order valence-corrected chi connectivity index (χ3v) is 6.95. The van der Waals surface area contributed by atoms with Crippen molar-refractivity contribution in [2.75, 3.05) is 46.9 Å². The number of methoxy groups -OCH3 is 1. The lowest BCUT2D eigenvalue weighted by Crippen LogP contribution is -2.37. The van der Waals surface area contributed by atoms with Crippen LogP contribution in [0.15, 0.2) is 29.4 Å². The quantitative estimate of drug-likeness (QED) is 0.485. The predicted molar refractivity (Wildman–Crippen MR) is 141 cm³/mol. The molecule has 1 amide bonds. The molecule has 0 atom stereocenters. The summed E-state index contributed by atoms with van der Waals surface area (Å²) >= 11 is 0. The van der Waals surface area contributed by atoms with E-state index in [1.807, 2.05) is 6.20 Å². The molecule has 7 nitrogen and oxygen atoms in total. The zero-order valence-electron chi connectivity index (χ0n) is 21.6. The van der Waals surface area contributed by atoms with E-state index in [0.29, 0.717) is 24.0 Å². The Labute approximate surface area is 213 Å². The molecule has 2 aliphatic rings. The molecule has 0 bridgehead atoms. The Morgan fingerprint density at radius 2 is 2.00 bits per heavy atom. The first-order chi connectivity index (χ1) is 17.5. The SMILES string of the molecule is CCc1cc(CCc2cc(C(=O)NC)cc(OC)c2F)cnc1N=C1C=[N+](CCCN2CCCC2)C1. The second kappa shape index (κ2) is 12.2. The maximum absolute atomic E-state index is 14.8.